The highest BCUT2D eigenvalue weighted by molar-refractivity contribution is 6.35. The molecule has 3 rings (SSSR count). The summed E-state index contributed by atoms with van der Waals surface area (Å²) in [5, 5.41) is 19.0. The van der Waals surface area contributed by atoms with E-state index in [4.69, 9.17) is 32.7 Å². The summed E-state index contributed by atoms with van der Waals surface area (Å²) in [6.45, 7) is 0.166. The first kappa shape index (κ1) is 25.1. The zero-order chi connectivity index (χ0) is 23.8. The molecular formula is C23H27Cl2N3O5. The van der Waals surface area contributed by atoms with Crippen LogP contribution in [0.25, 0.3) is 0 Å². The second-order valence-electron chi connectivity index (χ2n) is 7.69. The number of ether oxygens (including phenoxy) is 2. The second-order valence-corrected chi connectivity index (χ2v) is 8.57. The van der Waals surface area contributed by atoms with Crippen molar-refractivity contribution in [2.75, 3.05) is 25.6 Å². The van der Waals surface area contributed by atoms with Crippen molar-refractivity contribution in [3.05, 3.63) is 58.1 Å². The van der Waals surface area contributed by atoms with E-state index in [2.05, 4.69) is 16.0 Å². The minimum absolute atomic E-state index is 0.145. The topological polar surface area (TPSA) is 109 Å². The summed E-state index contributed by atoms with van der Waals surface area (Å²) in [6.07, 6.45) is 1.22. The number of aliphatic hydroxyl groups is 1. The molecule has 0 radical (unpaired) electrons. The van der Waals surface area contributed by atoms with Crippen molar-refractivity contribution in [3.63, 3.8) is 0 Å². The average Bonchev–Trinajstić information content (AvgIpc) is 2.79. The van der Waals surface area contributed by atoms with Gasteiger partial charge in [0.05, 0.1) is 25.9 Å². The minimum Gasteiger partial charge on any atom is -0.497 e. The lowest BCUT2D eigenvalue weighted by molar-refractivity contribution is -0.0886. The quantitative estimate of drug-likeness (QED) is 0.444. The van der Waals surface area contributed by atoms with Crippen LogP contribution in [0.3, 0.4) is 0 Å². The molecule has 2 aromatic rings. The standard InChI is InChI=1S/C23H27Cl2N3O5/c1-32-18-4-2-17(3-5-18)27-23(31)28-20-7-6-19(33-21(20)13-29)8-9-26-22(30)14-10-15(24)12-16(25)11-14/h2-5,10-12,19-21,29H,6-9,13H2,1H3,(H,26,30)(H2,27,28,31)/t19-,20-,21-/m1/s1. The van der Waals surface area contributed by atoms with Gasteiger partial charge < -0.3 is 30.5 Å². The minimum atomic E-state index is -0.534. The van der Waals surface area contributed by atoms with Gasteiger partial charge in [0.1, 0.15) is 11.9 Å². The Balaban J connectivity index is 1.43. The number of aliphatic hydroxyl groups excluding tert-OH is 1. The molecule has 178 valence electrons. The Morgan fingerprint density at radius 1 is 1.12 bits per heavy atom. The second kappa shape index (κ2) is 12.1. The lowest BCUT2D eigenvalue weighted by atomic mass is 9.97. The van der Waals surface area contributed by atoms with Crippen LogP contribution in [0.15, 0.2) is 42.5 Å². The Morgan fingerprint density at radius 3 is 2.45 bits per heavy atom. The van der Waals surface area contributed by atoms with Crippen molar-refractivity contribution < 1.29 is 24.2 Å². The van der Waals surface area contributed by atoms with E-state index in [1.54, 1.807) is 49.6 Å². The fraction of sp³-hybridized carbons (Fsp3) is 0.391. The smallest absolute Gasteiger partial charge is 0.319 e. The van der Waals surface area contributed by atoms with Crippen LogP contribution in [0, 0.1) is 0 Å². The molecule has 0 bridgehead atoms. The first-order valence-corrected chi connectivity index (χ1v) is 11.4. The predicted molar refractivity (Wildman–Crippen MR) is 127 cm³/mol. The van der Waals surface area contributed by atoms with Crippen molar-refractivity contribution in [3.8, 4) is 5.75 Å². The zero-order valence-corrected chi connectivity index (χ0v) is 19.7. The first-order chi connectivity index (χ1) is 15.9. The number of methoxy groups -OCH3 is 1. The van der Waals surface area contributed by atoms with Crippen LogP contribution in [0.1, 0.15) is 29.6 Å². The third-order valence-electron chi connectivity index (χ3n) is 5.34. The van der Waals surface area contributed by atoms with E-state index in [9.17, 15) is 14.7 Å². The van der Waals surface area contributed by atoms with E-state index in [-0.39, 0.29) is 30.7 Å². The van der Waals surface area contributed by atoms with Crippen LogP contribution in [0.5, 0.6) is 5.75 Å². The van der Waals surface area contributed by atoms with Crippen molar-refractivity contribution >= 4 is 40.8 Å². The molecule has 4 N–H and O–H groups in total. The van der Waals surface area contributed by atoms with Gasteiger partial charge in [0.25, 0.3) is 5.91 Å². The molecule has 8 nitrogen and oxygen atoms in total. The molecule has 3 atom stereocenters. The third kappa shape index (κ3) is 7.50. The van der Waals surface area contributed by atoms with Gasteiger partial charge in [0, 0.05) is 27.8 Å². The number of nitrogens with one attached hydrogen (secondary N) is 3. The molecule has 0 unspecified atom stereocenters. The van der Waals surface area contributed by atoms with E-state index in [0.29, 0.717) is 52.9 Å². The Kier molecular flexibility index (Phi) is 9.20. The molecule has 1 aliphatic rings. The van der Waals surface area contributed by atoms with Gasteiger partial charge in [0.2, 0.25) is 0 Å². The Hall–Kier alpha value is -2.52. The summed E-state index contributed by atoms with van der Waals surface area (Å²) >= 11 is 11.9. The number of rotatable bonds is 8. The van der Waals surface area contributed by atoms with Gasteiger partial charge in [-0.3, -0.25) is 4.79 Å². The van der Waals surface area contributed by atoms with Gasteiger partial charge in [0.15, 0.2) is 0 Å². The van der Waals surface area contributed by atoms with E-state index in [1.807, 2.05) is 0 Å². The molecule has 0 saturated carbocycles. The number of anilines is 1. The number of halogens is 2. The maximum Gasteiger partial charge on any atom is 0.319 e. The maximum absolute atomic E-state index is 12.4. The monoisotopic (exact) mass is 495 g/mol. The fourth-order valence-electron chi connectivity index (χ4n) is 3.65. The predicted octanol–water partition coefficient (Wildman–Crippen LogP) is 3.85. The number of urea groups is 1. The van der Waals surface area contributed by atoms with Gasteiger partial charge in [-0.05, 0) is 61.7 Å². The molecule has 33 heavy (non-hydrogen) atoms. The molecular weight excluding hydrogens is 469 g/mol. The largest absolute Gasteiger partial charge is 0.497 e. The number of hydrogen-bond donors (Lipinski definition) is 4. The summed E-state index contributed by atoms with van der Waals surface area (Å²) in [7, 11) is 1.57. The molecule has 10 heteroatoms. The number of hydrogen-bond acceptors (Lipinski definition) is 5. The highest BCUT2D eigenvalue weighted by atomic mass is 35.5. The van der Waals surface area contributed by atoms with Gasteiger partial charge in [-0.1, -0.05) is 23.2 Å². The Bertz CT molecular complexity index is 937. The summed E-state index contributed by atoms with van der Waals surface area (Å²) in [5.41, 5.74) is 1.01. The van der Waals surface area contributed by atoms with Gasteiger partial charge in [-0.25, -0.2) is 4.79 Å². The van der Waals surface area contributed by atoms with Crippen LogP contribution in [0.2, 0.25) is 10.0 Å². The lowest BCUT2D eigenvalue weighted by Crippen LogP contribution is -2.52. The molecule has 0 aliphatic carbocycles. The Labute approximate surface area is 202 Å². The summed E-state index contributed by atoms with van der Waals surface area (Å²) < 4.78 is 11.1. The van der Waals surface area contributed by atoms with Crippen molar-refractivity contribution in [1.82, 2.24) is 10.6 Å². The average molecular weight is 496 g/mol. The number of amides is 3. The molecule has 0 spiro atoms. The third-order valence-corrected chi connectivity index (χ3v) is 5.77. The number of benzene rings is 2. The zero-order valence-electron chi connectivity index (χ0n) is 18.1. The van der Waals surface area contributed by atoms with Crippen LogP contribution in [-0.2, 0) is 4.74 Å². The molecule has 0 aromatic heterocycles. The van der Waals surface area contributed by atoms with Crippen LogP contribution in [-0.4, -0.2) is 55.6 Å². The van der Waals surface area contributed by atoms with Crippen LogP contribution >= 0.6 is 23.2 Å². The van der Waals surface area contributed by atoms with Crippen LogP contribution < -0.4 is 20.7 Å². The highest BCUT2D eigenvalue weighted by Gasteiger charge is 2.31. The van der Waals surface area contributed by atoms with Gasteiger partial charge in [-0.2, -0.15) is 0 Å². The summed E-state index contributed by atoms with van der Waals surface area (Å²) in [6, 6.07) is 10.9. The number of carbonyl (C=O) groups is 2. The molecule has 1 fully saturated rings. The van der Waals surface area contributed by atoms with Gasteiger partial charge in [-0.15, -0.1) is 0 Å². The maximum atomic E-state index is 12.4. The van der Waals surface area contributed by atoms with E-state index in [0.717, 1.165) is 0 Å². The summed E-state index contributed by atoms with van der Waals surface area (Å²) in [4.78, 5) is 24.7. The first-order valence-electron chi connectivity index (χ1n) is 10.6. The van der Waals surface area contributed by atoms with E-state index >= 15 is 0 Å². The normalized spacial score (nSPS) is 20.1. The lowest BCUT2D eigenvalue weighted by Gasteiger charge is -2.36. The Morgan fingerprint density at radius 2 is 1.82 bits per heavy atom. The highest BCUT2D eigenvalue weighted by Crippen LogP contribution is 2.23. The molecule has 1 heterocycles. The van der Waals surface area contributed by atoms with E-state index in [1.165, 1.54) is 0 Å². The van der Waals surface area contributed by atoms with E-state index < -0.39 is 6.10 Å². The molecule has 3 amide bonds. The van der Waals surface area contributed by atoms with Crippen LogP contribution in [0.4, 0.5) is 10.5 Å². The molecule has 2 aromatic carbocycles. The number of carbonyl (C=O) groups excluding carboxylic acids is 2. The molecule has 1 aliphatic heterocycles. The van der Waals surface area contributed by atoms with Crippen molar-refractivity contribution in [2.24, 2.45) is 0 Å². The summed E-state index contributed by atoms with van der Waals surface area (Å²) in [5.74, 6) is 0.421. The SMILES string of the molecule is COc1ccc(NC(=O)N[C@@H]2CC[C@H](CCNC(=O)c3cc(Cl)cc(Cl)c3)O[C@@H]2CO)cc1. The fourth-order valence-corrected chi connectivity index (χ4v) is 4.18. The molecule has 1 saturated heterocycles. The van der Waals surface area contributed by atoms with Crippen molar-refractivity contribution in [2.45, 2.75) is 37.5 Å². The van der Waals surface area contributed by atoms with Gasteiger partial charge >= 0.3 is 6.03 Å². The van der Waals surface area contributed by atoms with Crippen molar-refractivity contribution in [1.29, 1.82) is 0 Å².